The summed E-state index contributed by atoms with van der Waals surface area (Å²) in [7, 11) is 0. The summed E-state index contributed by atoms with van der Waals surface area (Å²) >= 11 is 8.38. The van der Waals surface area contributed by atoms with Gasteiger partial charge in [0, 0.05) is 82.3 Å². The van der Waals surface area contributed by atoms with Crippen molar-refractivity contribution >= 4 is 46.9 Å². The van der Waals surface area contributed by atoms with Gasteiger partial charge in [0.15, 0.2) is 0 Å². The third-order valence-electron chi connectivity index (χ3n) is 10.3. The van der Waals surface area contributed by atoms with Crippen LogP contribution in [0.25, 0.3) is 0 Å². The van der Waals surface area contributed by atoms with Crippen molar-refractivity contribution in [2.75, 3.05) is 75.2 Å². The zero-order chi connectivity index (χ0) is 33.9. The lowest BCUT2D eigenvalue weighted by molar-refractivity contribution is -0.118. The number of nitrogens with two attached hydrogens (primary N) is 3. The quantitative estimate of drug-likeness (QED) is 0.188. The third kappa shape index (κ3) is 10.1. The molecule has 0 bridgehead atoms. The Balaban J connectivity index is 0.000000296. The molecule has 12 heteroatoms. The normalized spacial score (nSPS) is 19.8. The molecule has 1 aromatic carbocycles. The van der Waals surface area contributed by atoms with Gasteiger partial charge in [-0.2, -0.15) is 0 Å². The number of carbonyl (C=O) groups is 2. The predicted molar refractivity (Wildman–Crippen MR) is 197 cm³/mol. The molecule has 1 aromatic heterocycles. The summed E-state index contributed by atoms with van der Waals surface area (Å²) < 4.78 is 2.43. The largest absolute Gasteiger partial charge is 0.370 e. The lowest BCUT2D eigenvalue weighted by Crippen LogP contribution is -2.43. The van der Waals surface area contributed by atoms with Gasteiger partial charge in [-0.05, 0) is 110 Å². The standard InChI is InChI=1S/C28H35ClN4OS.C8H20N4O/c29-25-19-22(28(12-13-28)21-5-2-1-3-6-21)20-26(30-25)31-15-17-32(18-16-31)35-24-10-8-23(9-11-24)33-14-4-7-27(33)34;9-3-6-12(7-4-10)5-1-2-8(11)13/h8-11,19-21H,1-7,12-18H2;1-7,9-10H2,(H2,11,13). The van der Waals surface area contributed by atoms with Crippen molar-refractivity contribution in [2.24, 2.45) is 23.1 Å². The molecule has 2 aliphatic heterocycles. The molecule has 0 atom stereocenters. The smallest absolute Gasteiger partial charge is 0.227 e. The topological polar surface area (TPSA) is 138 Å². The molecule has 6 rings (SSSR count). The van der Waals surface area contributed by atoms with Crippen LogP contribution in [0.5, 0.6) is 0 Å². The van der Waals surface area contributed by atoms with E-state index < -0.39 is 0 Å². The van der Waals surface area contributed by atoms with Crippen molar-refractivity contribution in [3.8, 4) is 0 Å². The van der Waals surface area contributed by atoms with E-state index in [9.17, 15) is 9.59 Å². The SMILES string of the molecule is NCCN(CCN)CCCC(N)=O.O=C1CCCN1c1ccc(SN2CCN(c3cc(C4(C5CCCCC5)CC4)cc(Cl)n3)CC2)cc1. The van der Waals surface area contributed by atoms with Crippen LogP contribution < -0.4 is 27.0 Å². The third-order valence-corrected chi connectivity index (χ3v) is 11.6. The second-order valence-corrected chi connectivity index (χ2v) is 15.2. The van der Waals surface area contributed by atoms with Gasteiger partial charge in [-0.15, -0.1) is 0 Å². The summed E-state index contributed by atoms with van der Waals surface area (Å²) in [5, 5.41) is 0.646. The lowest BCUT2D eigenvalue weighted by atomic mass is 9.74. The van der Waals surface area contributed by atoms with Crippen LogP contribution in [-0.2, 0) is 15.0 Å². The fraction of sp³-hybridized carbons (Fsp3) is 0.639. The van der Waals surface area contributed by atoms with Gasteiger partial charge in [-0.25, -0.2) is 9.29 Å². The molecule has 48 heavy (non-hydrogen) atoms. The van der Waals surface area contributed by atoms with Crippen molar-refractivity contribution in [3.05, 3.63) is 47.1 Å². The molecule has 0 radical (unpaired) electrons. The van der Waals surface area contributed by atoms with Gasteiger partial charge >= 0.3 is 0 Å². The molecule has 264 valence electrons. The van der Waals surface area contributed by atoms with Crippen LogP contribution in [0.15, 0.2) is 41.3 Å². The molecule has 6 N–H and O–H groups in total. The van der Waals surface area contributed by atoms with Crippen LogP contribution >= 0.6 is 23.5 Å². The van der Waals surface area contributed by atoms with E-state index in [4.69, 9.17) is 33.8 Å². The predicted octanol–water partition coefficient (Wildman–Crippen LogP) is 4.77. The van der Waals surface area contributed by atoms with Crippen molar-refractivity contribution in [1.29, 1.82) is 0 Å². The van der Waals surface area contributed by atoms with E-state index in [1.165, 1.54) is 55.4 Å². The molecular formula is C36H55ClN8O2S. The minimum absolute atomic E-state index is 0.241. The number of carbonyl (C=O) groups excluding carboxylic acids is 2. The minimum Gasteiger partial charge on any atom is -0.370 e. The van der Waals surface area contributed by atoms with Crippen LogP contribution in [0, 0.1) is 5.92 Å². The highest BCUT2D eigenvalue weighted by Gasteiger charge is 2.50. The van der Waals surface area contributed by atoms with Crippen LogP contribution in [0.4, 0.5) is 11.5 Å². The maximum atomic E-state index is 12.0. The van der Waals surface area contributed by atoms with E-state index >= 15 is 0 Å². The number of anilines is 2. The van der Waals surface area contributed by atoms with Crippen molar-refractivity contribution in [1.82, 2.24) is 14.2 Å². The van der Waals surface area contributed by atoms with Gasteiger partial charge in [0.2, 0.25) is 11.8 Å². The molecule has 2 saturated heterocycles. The average Bonchev–Trinajstić information content (AvgIpc) is 3.80. The number of amides is 2. The van der Waals surface area contributed by atoms with Gasteiger partial charge in [-0.1, -0.05) is 30.9 Å². The Morgan fingerprint density at radius 3 is 2.21 bits per heavy atom. The highest BCUT2D eigenvalue weighted by molar-refractivity contribution is 7.97. The number of halogens is 1. The Bertz CT molecular complexity index is 1320. The molecule has 2 saturated carbocycles. The van der Waals surface area contributed by atoms with Gasteiger partial charge < -0.3 is 31.9 Å². The summed E-state index contributed by atoms with van der Waals surface area (Å²) in [5.74, 6) is 1.87. The molecule has 10 nitrogen and oxygen atoms in total. The van der Waals surface area contributed by atoms with Crippen molar-refractivity contribution in [2.45, 2.75) is 80.9 Å². The minimum atomic E-state index is -0.250. The molecule has 2 aromatic rings. The number of piperazine rings is 1. The fourth-order valence-corrected chi connectivity index (χ4v) is 8.70. The zero-order valence-electron chi connectivity index (χ0n) is 28.5. The first-order valence-electron chi connectivity index (χ1n) is 18.0. The van der Waals surface area contributed by atoms with Crippen LogP contribution in [0.2, 0.25) is 5.15 Å². The van der Waals surface area contributed by atoms with Crippen molar-refractivity contribution < 1.29 is 9.59 Å². The van der Waals surface area contributed by atoms with Gasteiger partial charge in [0.05, 0.1) is 0 Å². The van der Waals surface area contributed by atoms with Crippen molar-refractivity contribution in [3.63, 3.8) is 0 Å². The lowest BCUT2D eigenvalue weighted by Gasteiger charge is -2.36. The number of hydrogen-bond acceptors (Lipinski definition) is 9. The van der Waals surface area contributed by atoms with Gasteiger partial charge in [0.25, 0.3) is 0 Å². The number of primary amides is 1. The zero-order valence-corrected chi connectivity index (χ0v) is 30.0. The van der Waals surface area contributed by atoms with E-state index in [1.54, 1.807) is 0 Å². The first-order valence-corrected chi connectivity index (χ1v) is 19.1. The monoisotopic (exact) mass is 698 g/mol. The Morgan fingerprint density at radius 2 is 1.62 bits per heavy atom. The number of aromatic nitrogens is 1. The number of rotatable bonds is 14. The van der Waals surface area contributed by atoms with E-state index in [-0.39, 0.29) is 11.8 Å². The summed E-state index contributed by atoms with van der Waals surface area (Å²) in [4.78, 5) is 34.9. The molecule has 3 heterocycles. The average molecular weight is 699 g/mol. The van der Waals surface area contributed by atoms with E-state index in [1.807, 2.05) is 16.8 Å². The summed E-state index contributed by atoms with van der Waals surface area (Å²) in [6.07, 6.45) is 12.4. The molecule has 2 aliphatic carbocycles. The van der Waals surface area contributed by atoms with Crippen LogP contribution in [-0.4, -0.2) is 91.5 Å². The molecular weight excluding hydrogens is 644 g/mol. The Morgan fingerprint density at radius 1 is 0.938 bits per heavy atom. The highest BCUT2D eigenvalue weighted by atomic mass is 35.5. The Labute approximate surface area is 296 Å². The fourth-order valence-electron chi connectivity index (χ4n) is 7.60. The first kappa shape index (κ1) is 36.9. The highest BCUT2D eigenvalue weighted by Crippen LogP contribution is 2.58. The maximum absolute atomic E-state index is 12.0. The summed E-state index contributed by atoms with van der Waals surface area (Å²) in [6, 6.07) is 13.0. The molecule has 2 amide bonds. The second kappa shape index (κ2) is 18.0. The summed E-state index contributed by atoms with van der Waals surface area (Å²) in [5.41, 5.74) is 18.7. The number of nitrogens with zero attached hydrogens (tertiary/aromatic N) is 5. The van der Waals surface area contributed by atoms with E-state index in [2.05, 4.69) is 50.5 Å². The maximum Gasteiger partial charge on any atom is 0.227 e. The number of pyridine rings is 1. The Hall–Kier alpha value is -2.41. The first-order chi connectivity index (χ1) is 23.3. The number of benzene rings is 1. The molecule has 0 unspecified atom stereocenters. The molecule has 4 fully saturated rings. The van der Waals surface area contributed by atoms with Crippen LogP contribution in [0.3, 0.4) is 0 Å². The molecule has 0 spiro atoms. The second-order valence-electron chi connectivity index (χ2n) is 13.7. The summed E-state index contributed by atoms with van der Waals surface area (Å²) in [6.45, 7) is 8.46. The van der Waals surface area contributed by atoms with E-state index in [0.717, 1.165) is 82.6 Å². The van der Waals surface area contributed by atoms with Crippen LogP contribution in [0.1, 0.15) is 76.2 Å². The van der Waals surface area contributed by atoms with Gasteiger partial charge in [-0.3, -0.25) is 9.59 Å². The Kier molecular flexibility index (Phi) is 13.8. The molecule has 4 aliphatic rings. The number of hydrogen-bond donors (Lipinski definition) is 3. The van der Waals surface area contributed by atoms with Gasteiger partial charge in [0.1, 0.15) is 11.0 Å². The van der Waals surface area contributed by atoms with E-state index in [0.29, 0.717) is 36.5 Å².